The van der Waals surface area contributed by atoms with Gasteiger partial charge in [0.05, 0.1) is 11.2 Å². The molecule has 0 aromatic heterocycles. The molecule has 0 heterocycles. The summed E-state index contributed by atoms with van der Waals surface area (Å²) in [6.07, 6.45) is -2.59. The lowest BCUT2D eigenvalue weighted by molar-refractivity contribution is -0.137. The van der Waals surface area contributed by atoms with Crippen molar-refractivity contribution in [3.63, 3.8) is 0 Å². The van der Waals surface area contributed by atoms with Crippen molar-refractivity contribution < 1.29 is 23.1 Å². The highest BCUT2D eigenvalue weighted by atomic mass is 32.2. The zero-order valence-corrected chi connectivity index (χ0v) is 11.9. The fourth-order valence-corrected chi connectivity index (χ4v) is 2.27. The van der Waals surface area contributed by atoms with Crippen LogP contribution in [-0.2, 0) is 6.18 Å². The molecule has 7 heteroatoms. The lowest BCUT2D eigenvalue weighted by atomic mass is 10.1. The quantitative estimate of drug-likeness (QED) is 0.879. The van der Waals surface area contributed by atoms with Crippen LogP contribution in [0.15, 0.2) is 24.3 Å². The van der Waals surface area contributed by atoms with Crippen molar-refractivity contribution in [1.82, 2.24) is 5.32 Å². The van der Waals surface area contributed by atoms with Crippen LogP contribution in [0, 0.1) is 0 Å². The molecule has 1 rings (SSSR count). The second-order valence-electron chi connectivity index (χ2n) is 4.69. The molecule has 0 spiro atoms. The smallest absolute Gasteiger partial charge is 0.387 e. The summed E-state index contributed by atoms with van der Waals surface area (Å²) in [5, 5.41) is 12.4. The van der Waals surface area contributed by atoms with E-state index in [1.807, 2.05) is 6.26 Å². The molecule has 20 heavy (non-hydrogen) atoms. The molecule has 3 nitrogen and oxygen atoms in total. The van der Waals surface area contributed by atoms with Gasteiger partial charge >= 0.3 is 6.18 Å². The summed E-state index contributed by atoms with van der Waals surface area (Å²) < 4.78 is 37.1. The molecule has 0 bridgehead atoms. The van der Waals surface area contributed by atoms with Gasteiger partial charge in [-0.1, -0.05) is 0 Å². The maximum Gasteiger partial charge on any atom is 0.416 e. The summed E-state index contributed by atoms with van der Waals surface area (Å²) in [4.78, 5) is 11.7. The molecule has 1 aromatic carbocycles. The number of halogens is 3. The Kier molecular flexibility index (Phi) is 5.47. The van der Waals surface area contributed by atoms with Crippen molar-refractivity contribution in [3.8, 4) is 0 Å². The monoisotopic (exact) mass is 307 g/mol. The van der Waals surface area contributed by atoms with E-state index in [9.17, 15) is 23.1 Å². The summed E-state index contributed by atoms with van der Waals surface area (Å²) in [5.41, 5.74) is -1.73. The molecule has 1 amide bonds. The molecular formula is C13H16F3NO2S. The molecule has 0 aliphatic rings. The van der Waals surface area contributed by atoms with E-state index in [0.717, 1.165) is 24.3 Å². The first-order chi connectivity index (χ1) is 9.15. The number of hydrogen-bond donors (Lipinski definition) is 2. The highest BCUT2D eigenvalue weighted by Gasteiger charge is 2.30. The van der Waals surface area contributed by atoms with E-state index >= 15 is 0 Å². The summed E-state index contributed by atoms with van der Waals surface area (Å²) in [6.45, 7) is 1.62. The Morgan fingerprint density at radius 1 is 1.30 bits per heavy atom. The van der Waals surface area contributed by atoms with Crippen LogP contribution in [0.1, 0.15) is 22.8 Å². The molecule has 0 aliphatic heterocycles. The Morgan fingerprint density at radius 3 is 2.30 bits per heavy atom. The molecule has 0 aliphatic carbocycles. The van der Waals surface area contributed by atoms with Gasteiger partial charge in [-0.05, 0) is 37.4 Å². The number of rotatable bonds is 5. The minimum Gasteiger partial charge on any atom is -0.387 e. The van der Waals surface area contributed by atoms with Crippen LogP contribution < -0.4 is 5.32 Å². The first-order valence-electron chi connectivity index (χ1n) is 5.82. The fourth-order valence-electron chi connectivity index (χ4n) is 1.55. The molecule has 0 radical (unpaired) electrons. The first kappa shape index (κ1) is 16.8. The van der Waals surface area contributed by atoms with Gasteiger partial charge in [-0.3, -0.25) is 4.79 Å². The molecule has 0 saturated carbocycles. The Hall–Kier alpha value is -1.21. The van der Waals surface area contributed by atoms with Crippen LogP contribution >= 0.6 is 11.8 Å². The molecule has 1 atom stereocenters. The topological polar surface area (TPSA) is 49.3 Å². The van der Waals surface area contributed by atoms with Gasteiger partial charge in [0.2, 0.25) is 0 Å². The van der Waals surface area contributed by atoms with Crippen molar-refractivity contribution in [2.75, 3.05) is 18.6 Å². The highest BCUT2D eigenvalue weighted by molar-refractivity contribution is 7.98. The van der Waals surface area contributed by atoms with Crippen molar-refractivity contribution in [1.29, 1.82) is 0 Å². The first-order valence-corrected chi connectivity index (χ1v) is 7.22. The van der Waals surface area contributed by atoms with Crippen molar-refractivity contribution in [2.24, 2.45) is 0 Å². The summed E-state index contributed by atoms with van der Waals surface area (Å²) in [5.74, 6) is -0.0691. The van der Waals surface area contributed by atoms with E-state index in [0.29, 0.717) is 5.75 Å². The fraction of sp³-hybridized carbons (Fsp3) is 0.462. The number of hydrogen-bond acceptors (Lipinski definition) is 3. The van der Waals surface area contributed by atoms with Crippen molar-refractivity contribution in [2.45, 2.75) is 18.7 Å². The van der Waals surface area contributed by atoms with Crippen molar-refractivity contribution >= 4 is 17.7 Å². The van der Waals surface area contributed by atoms with Crippen LogP contribution in [0.3, 0.4) is 0 Å². The lowest BCUT2D eigenvalue weighted by Crippen LogP contribution is -2.42. The lowest BCUT2D eigenvalue weighted by Gasteiger charge is -2.22. The molecule has 0 fully saturated rings. The predicted octanol–water partition coefficient (Wildman–Crippen LogP) is 2.55. The number of alkyl halides is 3. The van der Waals surface area contributed by atoms with E-state index < -0.39 is 23.2 Å². The van der Waals surface area contributed by atoms with E-state index in [2.05, 4.69) is 5.32 Å². The number of benzene rings is 1. The highest BCUT2D eigenvalue weighted by Crippen LogP contribution is 2.29. The van der Waals surface area contributed by atoms with Gasteiger partial charge in [0.25, 0.3) is 5.91 Å². The second-order valence-corrected chi connectivity index (χ2v) is 5.55. The number of thioether (sulfide) groups is 1. The molecule has 112 valence electrons. The van der Waals surface area contributed by atoms with E-state index in [1.54, 1.807) is 6.92 Å². The average Bonchev–Trinajstić information content (AvgIpc) is 2.35. The minimum absolute atomic E-state index is 0.0354. The van der Waals surface area contributed by atoms with E-state index in [1.165, 1.54) is 11.8 Å². The molecule has 0 saturated heterocycles. The van der Waals surface area contributed by atoms with Crippen LogP contribution in [-0.4, -0.2) is 35.2 Å². The molecule has 2 N–H and O–H groups in total. The van der Waals surface area contributed by atoms with Crippen LogP contribution in [0.25, 0.3) is 0 Å². The third-order valence-corrected chi connectivity index (χ3v) is 3.47. The van der Waals surface area contributed by atoms with Gasteiger partial charge in [0.15, 0.2) is 0 Å². The SMILES string of the molecule is CSCC(C)(O)CNC(=O)c1ccc(C(F)(F)F)cc1. The standard InChI is InChI=1S/C13H16F3NO2S/c1-12(19,8-20-2)7-17-11(18)9-3-5-10(6-4-9)13(14,15)16/h3-6,19H,7-8H2,1-2H3,(H,17,18). The van der Waals surface area contributed by atoms with E-state index in [-0.39, 0.29) is 12.1 Å². The normalized spacial score (nSPS) is 14.7. The third kappa shape index (κ3) is 5.05. The summed E-state index contributed by atoms with van der Waals surface area (Å²) >= 11 is 1.43. The maximum absolute atomic E-state index is 12.4. The second kappa shape index (κ2) is 6.49. The predicted molar refractivity (Wildman–Crippen MR) is 72.8 cm³/mol. The Labute approximate surface area is 119 Å². The zero-order valence-electron chi connectivity index (χ0n) is 11.1. The largest absolute Gasteiger partial charge is 0.416 e. The number of nitrogens with one attached hydrogen (secondary N) is 1. The van der Waals surface area contributed by atoms with Gasteiger partial charge in [-0.2, -0.15) is 24.9 Å². The van der Waals surface area contributed by atoms with Gasteiger partial charge in [0, 0.05) is 17.9 Å². The molecule has 1 unspecified atom stereocenters. The zero-order chi connectivity index (χ0) is 15.4. The van der Waals surface area contributed by atoms with Gasteiger partial charge in [-0.15, -0.1) is 0 Å². The minimum atomic E-state index is -4.42. The number of amides is 1. The number of carbonyl (C=O) groups is 1. The third-order valence-electron chi connectivity index (χ3n) is 2.56. The Morgan fingerprint density at radius 2 is 1.85 bits per heavy atom. The van der Waals surface area contributed by atoms with Crippen LogP contribution in [0.2, 0.25) is 0 Å². The van der Waals surface area contributed by atoms with Gasteiger partial charge < -0.3 is 10.4 Å². The van der Waals surface area contributed by atoms with Crippen LogP contribution in [0.5, 0.6) is 0 Å². The van der Waals surface area contributed by atoms with Crippen molar-refractivity contribution in [3.05, 3.63) is 35.4 Å². The van der Waals surface area contributed by atoms with Crippen LogP contribution in [0.4, 0.5) is 13.2 Å². The Balaban J connectivity index is 2.65. The summed E-state index contributed by atoms with van der Waals surface area (Å²) in [6, 6.07) is 3.94. The summed E-state index contributed by atoms with van der Waals surface area (Å²) in [7, 11) is 0. The maximum atomic E-state index is 12.4. The molecule has 1 aromatic rings. The Bertz CT molecular complexity index is 458. The average molecular weight is 307 g/mol. The molecular weight excluding hydrogens is 291 g/mol. The number of carbonyl (C=O) groups excluding carboxylic acids is 1. The van der Waals surface area contributed by atoms with Gasteiger partial charge in [-0.25, -0.2) is 0 Å². The van der Waals surface area contributed by atoms with Gasteiger partial charge in [0.1, 0.15) is 0 Å². The van der Waals surface area contributed by atoms with E-state index in [4.69, 9.17) is 0 Å². The number of aliphatic hydroxyl groups is 1.